The summed E-state index contributed by atoms with van der Waals surface area (Å²) >= 11 is 6.46. The highest BCUT2D eigenvalue weighted by atomic mass is 35.5. The third-order valence-corrected chi connectivity index (χ3v) is 5.26. The topological polar surface area (TPSA) is 17.8 Å². The van der Waals surface area contributed by atoms with Crippen molar-refractivity contribution in [1.29, 1.82) is 0 Å². The summed E-state index contributed by atoms with van der Waals surface area (Å²) < 4.78 is 2.28. The summed E-state index contributed by atoms with van der Waals surface area (Å²) in [6.07, 6.45) is 7.57. The highest BCUT2D eigenvalue weighted by Gasteiger charge is 2.26. The van der Waals surface area contributed by atoms with E-state index in [4.69, 9.17) is 16.7 Å². The van der Waals surface area contributed by atoms with Gasteiger partial charge in [-0.2, -0.15) is 5.10 Å². The number of rotatable bonds is 4. The van der Waals surface area contributed by atoms with Crippen LogP contribution >= 0.6 is 11.6 Å². The SMILES string of the molecule is CCC1CCCC(n2nc(C)c(C(Cl)CC)c2C)C1. The van der Waals surface area contributed by atoms with Crippen LogP contribution in [-0.2, 0) is 0 Å². The minimum Gasteiger partial charge on any atom is -0.266 e. The van der Waals surface area contributed by atoms with Gasteiger partial charge in [0.05, 0.1) is 17.1 Å². The molecule has 1 saturated carbocycles. The molecule has 3 atom stereocenters. The fraction of sp³-hybridized carbons (Fsp3) is 0.812. The molecule has 3 unspecified atom stereocenters. The lowest BCUT2D eigenvalue weighted by Gasteiger charge is -2.29. The van der Waals surface area contributed by atoms with E-state index in [0.717, 1.165) is 18.0 Å². The zero-order chi connectivity index (χ0) is 14.0. The second kappa shape index (κ2) is 6.30. The summed E-state index contributed by atoms with van der Waals surface area (Å²) in [4.78, 5) is 0. The second-order valence-corrected chi connectivity index (χ2v) is 6.53. The van der Waals surface area contributed by atoms with Gasteiger partial charge in [-0.15, -0.1) is 11.6 Å². The summed E-state index contributed by atoms with van der Waals surface area (Å²) in [6.45, 7) is 8.74. The number of nitrogens with zero attached hydrogens (tertiary/aromatic N) is 2. The quantitative estimate of drug-likeness (QED) is 0.682. The van der Waals surface area contributed by atoms with Crippen molar-refractivity contribution in [2.24, 2.45) is 5.92 Å². The monoisotopic (exact) mass is 282 g/mol. The maximum atomic E-state index is 6.46. The molecule has 1 heterocycles. The van der Waals surface area contributed by atoms with E-state index in [1.807, 2.05) is 0 Å². The summed E-state index contributed by atoms with van der Waals surface area (Å²) in [7, 11) is 0. The van der Waals surface area contributed by atoms with Crippen molar-refractivity contribution in [3.05, 3.63) is 17.0 Å². The Morgan fingerprint density at radius 3 is 2.68 bits per heavy atom. The van der Waals surface area contributed by atoms with Crippen molar-refractivity contribution < 1.29 is 0 Å². The first-order valence-corrected chi connectivity index (χ1v) is 8.21. The standard InChI is InChI=1S/C16H27ClN2/c1-5-13-8-7-9-14(10-13)19-12(4)16(11(3)18-19)15(17)6-2/h13-15H,5-10H2,1-4H3. The Hall–Kier alpha value is -0.500. The summed E-state index contributed by atoms with van der Waals surface area (Å²) in [5, 5.41) is 4.91. The van der Waals surface area contributed by atoms with Gasteiger partial charge in [0.15, 0.2) is 0 Å². The predicted octanol–water partition coefficient (Wildman–Crippen LogP) is 5.33. The number of halogens is 1. The van der Waals surface area contributed by atoms with E-state index in [1.54, 1.807) is 0 Å². The first kappa shape index (κ1) is 14.9. The van der Waals surface area contributed by atoms with Crippen LogP contribution in [0.4, 0.5) is 0 Å². The smallest absolute Gasteiger partial charge is 0.0643 e. The van der Waals surface area contributed by atoms with Crippen molar-refractivity contribution in [3.8, 4) is 0 Å². The first-order valence-electron chi connectivity index (χ1n) is 7.78. The number of hydrogen-bond donors (Lipinski definition) is 0. The highest BCUT2D eigenvalue weighted by Crippen LogP contribution is 2.37. The van der Waals surface area contributed by atoms with Gasteiger partial charge in [-0.3, -0.25) is 4.68 Å². The first-order chi connectivity index (χ1) is 9.08. The summed E-state index contributed by atoms with van der Waals surface area (Å²) in [5.74, 6) is 0.879. The van der Waals surface area contributed by atoms with Gasteiger partial charge in [-0.05, 0) is 39.0 Å². The zero-order valence-electron chi connectivity index (χ0n) is 12.7. The third kappa shape index (κ3) is 2.99. The Morgan fingerprint density at radius 1 is 1.32 bits per heavy atom. The molecule has 1 aliphatic rings. The Bertz CT molecular complexity index is 425. The molecule has 2 rings (SSSR count). The van der Waals surface area contributed by atoms with Gasteiger partial charge in [0, 0.05) is 11.3 Å². The van der Waals surface area contributed by atoms with Crippen LogP contribution in [0.5, 0.6) is 0 Å². The Balaban J connectivity index is 2.25. The lowest BCUT2D eigenvalue weighted by Crippen LogP contribution is -2.21. The van der Waals surface area contributed by atoms with E-state index in [0.29, 0.717) is 6.04 Å². The normalized spacial score (nSPS) is 25.5. The molecule has 1 aromatic rings. The number of aromatic nitrogens is 2. The fourth-order valence-corrected chi connectivity index (χ4v) is 3.86. The molecule has 0 N–H and O–H groups in total. The van der Waals surface area contributed by atoms with Gasteiger partial charge in [0.2, 0.25) is 0 Å². The molecule has 0 radical (unpaired) electrons. The van der Waals surface area contributed by atoms with Gasteiger partial charge in [0.25, 0.3) is 0 Å². The van der Waals surface area contributed by atoms with Crippen LogP contribution in [0.15, 0.2) is 0 Å². The van der Waals surface area contributed by atoms with Crippen molar-refractivity contribution in [1.82, 2.24) is 9.78 Å². The van der Waals surface area contributed by atoms with E-state index in [9.17, 15) is 0 Å². The Morgan fingerprint density at radius 2 is 2.05 bits per heavy atom. The zero-order valence-corrected chi connectivity index (χ0v) is 13.5. The maximum absolute atomic E-state index is 6.46. The summed E-state index contributed by atoms with van der Waals surface area (Å²) in [6, 6.07) is 0.590. The lowest BCUT2D eigenvalue weighted by molar-refractivity contribution is 0.244. The second-order valence-electron chi connectivity index (χ2n) is 6.00. The molecule has 0 aromatic carbocycles. The van der Waals surface area contributed by atoms with Crippen LogP contribution in [0.1, 0.15) is 80.7 Å². The molecule has 1 aromatic heterocycles. The average molecular weight is 283 g/mol. The minimum atomic E-state index is 0.110. The van der Waals surface area contributed by atoms with Crippen LogP contribution in [0.3, 0.4) is 0 Å². The molecule has 2 nitrogen and oxygen atoms in total. The summed E-state index contributed by atoms with van der Waals surface area (Å²) in [5.41, 5.74) is 3.68. The highest BCUT2D eigenvalue weighted by molar-refractivity contribution is 6.20. The number of aryl methyl sites for hydroxylation is 1. The van der Waals surface area contributed by atoms with Crippen molar-refractivity contribution in [3.63, 3.8) is 0 Å². The van der Waals surface area contributed by atoms with Gasteiger partial charge >= 0.3 is 0 Å². The Kier molecular flexibility index (Phi) is 4.94. The average Bonchev–Trinajstić information content (AvgIpc) is 2.73. The van der Waals surface area contributed by atoms with Crippen molar-refractivity contribution >= 4 is 11.6 Å². The molecule has 3 heteroatoms. The molecule has 1 aliphatic carbocycles. The minimum absolute atomic E-state index is 0.110. The molecule has 0 amide bonds. The Labute approximate surface area is 122 Å². The molecular weight excluding hydrogens is 256 g/mol. The van der Waals surface area contributed by atoms with Gasteiger partial charge in [-0.25, -0.2) is 0 Å². The predicted molar refractivity (Wildman–Crippen MR) is 81.9 cm³/mol. The van der Waals surface area contributed by atoms with Gasteiger partial charge in [-0.1, -0.05) is 33.1 Å². The van der Waals surface area contributed by atoms with Crippen LogP contribution in [0.2, 0.25) is 0 Å². The van der Waals surface area contributed by atoms with Crippen LogP contribution < -0.4 is 0 Å². The van der Waals surface area contributed by atoms with E-state index >= 15 is 0 Å². The third-order valence-electron chi connectivity index (χ3n) is 4.73. The van der Waals surface area contributed by atoms with Gasteiger partial charge in [0.1, 0.15) is 0 Å². The molecule has 0 aliphatic heterocycles. The fourth-order valence-electron chi connectivity index (χ4n) is 3.54. The van der Waals surface area contributed by atoms with E-state index in [2.05, 4.69) is 32.4 Å². The molecule has 0 saturated heterocycles. The lowest BCUT2D eigenvalue weighted by atomic mass is 9.84. The van der Waals surface area contributed by atoms with Gasteiger partial charge < -0.3 is 0 Å². The largest absolute Gasteiger partial charge is 0.266 e. The van der Waals surface area contributed by atoms with E-state index < -0.39 is 0 Å². The van der Waals surface area contributed by atoms with Crippen molar-refractivity contribution in [2.45, 2.75) is 77.6 Å². The molecule has 19 heavy (non-hydrogen) atoms. The number of alkyl halides is 1. The molecular formula is C16H27ClN2. The maximum Gasteiger partial charge on any atom is 0.0643 e. The van der Waals surface area contributed by atoms with E-state index in [1.165, 1.54) is 43.4 Å². The van der Waals surface area contributed by atoms with Crippen LogP contribution in [0, 0.1) is 19.8 Å². The number of hydrogen-bond acceptors (Lipinski definition) is 1. The molecule has 108 valence electrons. The molecule has 1 fully saturated rings. The molecule has 0 spiro atoms. The molecule has 0 bridgehead atoms. The van der Waals surface area contributed by atoms with Crippen molar-refractivity contribution in [2.75, 3.05) is 0 Å². The van der Waals surface area contributed by atoms with Crippen LogP contribution in [-0.4, -0.2) is 9.78 Å². The van der Waals surface area contributed by atoms with E-state index in [-0.39, 0.29) is 5.38 Å². The van der Waals surface area contributed by atoms with Crippen LogP contribution in [0.25, 0.3) is 0 Å².